The summed E-state index contributed by atoms with van der Waals surface area (Å²) < 4.78 is 8.22. The first-order valence-electron chi connectivity index (χ1n) is 11.4. The van der Waals surface area contributed by atoms with Crippen LogP contribution in [-0.2, 0) is 4.79 Å². The normalized spacial score (nSPS) is 21.0. The third-order valence-electron chi connectivity index (χ3n) is 6.81. The SMILES string of the molecule is C=C1CCC(N2C(=O)c3cccc4c(Oc5cnn(C6CCNCC6)c5)ccc2c34)C(=O)N1. The molecule has 1 atom stereocenters. The first-order valence-corrected chi connectivity index (χ1v) is 11.4. The number of nitrogens with zero attached hydrogens (tertiary/aromatic N) is 3. The van der Waals surface area contributed by atoms with Gasteiger partial charge >= 0.3 is 0 Å². The van der Waals surface area contributed by atoms with Crippen molar-refractivity contribution in [2.75, 3.05) is 18.0 Å². The van der Waals surface area contributed by atoms with Gasteiger partial charge in [-0.2, -0.15) is 5.10 Å². The maximum Gasteiger partial charge on any atom is 0.259 e. The van der Waals surface area contributed by atoms with E-state index in [1.54, 1.807) is 11.1 Å². The number of aromatic nitrogens is 2. The lowest BCUT2D eigenvalue weighted by Gasteiger charge is -2.31. The van der Waals surface area contributed by atoms with Crippen LogP contribution < -0.4 is 20.3 Å². The first-order chi connectivity index (χ1) is 16.1. The van der Waals surface area contributed by atoms with Crippen molar-refractivity contribution in [3.05, 3.63) is 60.6 Å². The fourth-order valence-corrected chi connectivity index (χ4v) is 5.16. The summed E-state index contributed by atoms with van der Waals surface area (Å²) in [5, 5.41) is 12.3. The number of piperidine rings is 2. The number of carbonyl (C=O) groups is 2. The van der Waals surface area contributed by atoms with Crippen molar-refractivity contribution < 1.29 is 14.3 Å². The van der Waals surface area contributed by atoms with Crippen molar-refractivity contribution in [3.63, 3.8) is 0 Å². The van der Waals surface area contributed by atoms with E-state index in [9.17, 15) is 9.59 Å². The minimum absolute atomic E-state index is 0.154. The lowest BCUT2D eigenvalue weighted by atomic mass is 10.0. The Labute approximate surface area is 191 Å². The van der Waals surface area contributed by atoms with E-state index in [0.29, 0.717) is 41.6 Å². The second-order valence-electron chi connectivity index (χ2n) is 8.87. The molecule has 3 aliphatic heterocycles. The number of rotatable bonds is 4. The molecule has 8 heteroatoms. The molecule has 1 aromatic heterocycles. The summed E-state index contributed by atoms with van der Waals surface area (Å²) in [5.74, 6) is 0.988. The smallest absolute Gasteiger partial charge is 0.259 e. The average molecular weight is 444 g/mol. The summed E-state index contributed by atoms with van der Waals surface area (Å²) in [6.45, 7) is 5.83. The van der Waals surface area contributed by atoms with Crippen molar-refractivity contribution in [1.82, 2.24) is 20.4 Å². The molecule has 2 N–H and O–H groups in total. The molecule has 33 heavy (non-hydrogen) atoms. The quantitative estimate of drug-likeness (QED) is 0.644. The van der Waals surface area contributed by atoms with Crippen molar-refractivity contribution in [2.45, 2.75) is 37.8 Å². The highest BCUT2D eigenvalue weighted by molar-refractivity contribution is 6.27. The molecule has 3 aromatic rings. The first kappa shape index (κ1) is 20.0. The van der Waals surface area contributed by atoms with Crippen LogP contribution in [0, 0.1) is 0 Å². The maximum atomic E-state index is 13.3. The molecule has 4 heterocycles. The molecule has 2 fully saturated rings. The second-order valence-corrected chi connectivity index (χ2v) is 8.87. The molecule has 3 aliphatic rings. The number of allylic oxidation sites excluding steroid dienone is 1. The molecule has 2 saturated heterocycles. The Kier molecular flexibility index (Phi) is 4.69. The van der Waals surface area contributed by atoms with Gasteiger partial charge in [0.1, 0.15) is 11.8 Å². The highest BCUT2D eigenvalue weighted by Gasteiger charge is 2.40. The minimum atomic E-state index is -0.548. The highest BCUT2D eigenvalue weighted by Crippen LogP contribution is 2.44. The standard InChI is InChI=1S/C25H25N5O3/c1-15-5-6-21(24(31)28-15)30-20-7-8-22(18-3-2-4-19(23(18)20)25(30)32)33-17-13-27-29(14-17)16-9-11-26-12-10-16/h2-4,7-8,13-14,16,21,26H,1,5-6,9-12H2,(H,28,31). The molecule has 0 aliphatic carbocycles. The van der Waals surface area contributed by atoms with Gasteiger partial charge in [0.15, 0.2) is 5.75 Å². The Hall–Kier alpha value is -3.65. The van der Waals surface area contributed by atoms with Crippen molar-refractivity contribution in [3.8, 4) is 11.5 Å². The van der Waals surface area contributed by atoms with Crippen LogP contribution in [-0.4, -0.2) is 40.7 Å². The second kappa shape index (κ2) is 7.74. The summed E-state index contributed by atoms with van der Waals surface area (Å²) in [6.07, 6.45) is 6.98. The van der Waals surface area contributed by atoms with Gasteiger partial charge in [0.05, 0.1) is 24.1 Å². The van der Waals surface area contributed by atoms with Gasteiger partial charge in [-0.15, -0.1) is 0 Å². The molecule has 0 spiro atoms. The van der Waals surface area contributed by atoms with Gasteiger partial charge in [-0.25, -0.2) is 0 Å². The predicted molar refractivity (Wildman–Crippen MR) is 125 cm³/mol. The van der Waals surface area contributed by atoms with Crippen LogP contribution in [0.15, 0.2) is 55.0 Å². The molecule has 1 unspecified atom stereocenters. The zero-order chi connectivity index (χ0) is 22.5. The van der Waals surface area contributed by atoms with E-state index in [4.69, 9.17) is 4.74 Å². The monoisotopic (exact) mass is 443 g/mol. The lowest BCUT2D eigenvalue weighted by Crippen LogP contribution is -2.51. The minimum Gasteiger partial charge on any atom is -0.453 e. The fourth-order valence-electron chi connectivity index (χ4n) is 5.16. The number of nitrogens with one attached hydrogen (secondary N) is 2. The zero-order valence-corrected chi connectivity index (χ0v) is 18.2. The number of carbonyl (C=O) groups excluding carboxylic acids is 2. The molecule has 2 amide bonds. The van der Waals surface area contributed by atoms with Crippen LogP contribution in [0.2, 0.25) is 0 Å². The van der Waals surface area contributed by atoms with Crippen LogP contribution in [0.25, 0.3) is 10.8 Å². The third-order valence-corrected chi connectivity index (χ3v) is 6.81. The largest absolute Gasteiger partial charge is 0.453 e. The van der Waals surface area contributed by atoms with Crippen molar-refractivity contribution in [2.24, 2.45) is 0 Å². The number of benzene rings is 2. The van der Waals surface area contributed by atoms with Crippen LogP contribution in [0.4, 0.5) is 5.69 Å². The van der Waals surface area contributed by atoms with Gasteiger partial charge in [-0.3, -0.25) is 19.2 Å². The molecule has 2 aromatic carbocycles. The number of hydrogen-bond donors (Lipinski definition) is 2. The average Bonchev–Trinajstić information content (AvgIpc) is 3.41. The lowest BCUT2D eigenvalue weighted by molar-refractivity contribution is -0.122. The van der Waals surface area contributed by atoms with Gasteiger partial charge in [-0.1, -0.05) is 18.7 Å². The van der Waals surface area contributed by atoms with Gasteiger partial charge in [0.2, 0.25) is 5.91 Å². The Morgan fingerprint density at radius 2 is 1.94 bits per heavy atom. The number of hydrogen-bond acceptors (Lipinski definition) is 5. The van der Waals surface area contributed by atoms with E-state index in [1.807, 2.05) is 41.2 Å². The highest BCUT2D eigenvalue weighted by atomic mass is 16.5. The van der Waals surface area contributed by atoms with Crippen LogP contribution in [0.1, 0.15) is 42.1 Å². The van der Waals surface area contributed by atoms with E-state index < -0.39 is 6.04 Å². The van der Waals surface area contributed by atoms with Crippen molar-refractivity contribution in [1.29, 1.82) is 0 Å². The van der Waals surface area contributed by atoms with Gasteiger partial charge in [0.25, 0.3) is 5.91 Å². The van der Waals surface area contributed by atoms with Gasteiger partial charge in [0, 0.05) is 22.0 Å². The number of amides is 2. The topological polar surface area (TPSA) is 88.5 Å². The molecule has 0 radical (unpaired) electrons. The van der Waals surface area contributed by atoms with E-state index in [0.717, 1.165) is 42.4 Å². The Morgan fingerprint density at radius 1 is 1.09 bits per heavy atom. The van der Waals surface area contributed by atoms with E-state index >= 15 is 0 Å². The number of ether oxygens (including phenoxy) is 1. The molecule has 8 nitrogen and oxygen atoms in total. The van der Waals surface area contributed by atoms with E-state index in [2.05, 4.69) is 22.3 Å². The Morgan fingerprint density at radius 3 is 2.76 bits per heavy atom. The number of anilines is 1. The fraction of sp³-hybridized carbons (Fsp3) is 0.320. The molecule has 168 valence electrons. The predicted octanol–water partition coefficient (Wildman–Crippen LogP) is 3.51. The molecule has 0 saturated carbocycles. The zero-order valence-electron chi connectivity index (χ0n) is 18.2. The Balaban J connectivity index is 1.34. The summed E-state index contributed by atoms with van der Waals surface area (Å²) in [4.78, 5) is 27.6. The molecular formula is C25H25N5O3. The van der Waals surface area contributed by atoms with E-state index in [-0.39, 0.29) is 11.8 Å². The summed E-state index contributed by atoms with van der Waals surface area (Å²) in [5.41, 5.74) is 2.03. The maximum absolute atomic E-state index is 13.3. The van der Waals surface area contributed by atoms with Crippen LogP contribution in [0.5, 0.6) is 11.5 Å². The van der Waals surface area contributed by atoms with Crippen LogP contribution >= 0.6 is 0 Å². The summed E-state index contributed by atoms with van der Waals surface area (Å²) >= 11 is 0. The van der Waals surface area contributed by atoms with Gasteiger partial charge < -0.3 is 15.4 Å². The van der Waals surface area contributed by atoms with E-state index in [1.165, 1.54) is 0 Å². The summed E-state index contributed by atoms with van der Waals surface area (Å²) in [7, 11) is 0. The molecule has 6 rings (SSSR count). The third kappa shape index (κ3) is 3.29. The van der Waals surface area contributed by atoms with Crippen molar-refractivity contribution >= 4 is 28.3 Å². The molecular weight excluding hydrogens is 418 g/mol. The Bertz CT molecular complexity index is 1290. The van der Waals surface area contributed by atoms with Gasteiger partial charge in [-0.05, 0) is 57.0 Å². The summed E-state index contributed by atoms with van der Waals surface area (Å²) in [6, 6.07) is 9.20. The molecule has 0 bridgehead atoms. The van der Waals surface area contributed by atoms with Crippen LogP contribution in [0.3, 0.4) is 0 Å².